The van der Waals surface area contributed by atoms with Crippen LogP contribution in [0.4, 0.5) is 9.93 Å². The van der Waals surface area contributed by atoms with Crippen molar-refractivity contribution in [2.45, 2.75) is 101 Å². The molecule has 1 amide bonds. The summed E-state index contributed by atoms with van der Waals surface area (Å²) in [5.74, 6) is 0.713. The van der Waals surface area contributed by atoms with E-state index in [4.69, 9.17) is 19.2 Å². The van der Waals surface area contributed by atoms with Gasteiger partial charge in [-0.15, -0.1) is 11.3 Å². The summed E-state index contributed by atoms with van der Waals surface area (Å²) in [6.07, 6.45) is 1.34. The number of aryl methyl sites for hydroxylation is 2. The topological polar surface area (TPSA) is 84.4 Å². The molecule has 50 heavy (non-hydrogen) atoms. The van der Waals surface area contributed by atoms with Gasteiger partial charge in [0.1, 0.15) is 18.0 Å². The fourth-order valence-corrected chi connectivity index (χ4v) is 6.80. The highest BCUT2D eigenvalue weighted by Crippen LogP contribution is 2.36. The zero-order valence-electron chi connectivity index (χ0n) is 32.1. The third-order valence-electron chi connectivity index (χ3n) is 8.51. The molecule has 0 bridgehead atoms. The zero-order valence-corrected chi connectivity index (χ0v) is 33.0. The van der Waals surface area contributed by atoms with Crippen molar-refractivity contribution < 1.29 is 23.8 Å². The number of amides is 1. The van der Waals surface area contributed by atoms with E-state index in [1.807, 2.05) is 61.5 Å². The molecule has 2 aliphatic rings. The highest BCUT2D eigenvalue weighted by Gasteiger charge is 2.28. The van der Waals surface area contributed by atoms with E-state index in [2.05, 4.69) is 59.4 Å². The molecule has 0 saturated carbocycles. The zero-order chi connectivity index (χ0) is 36.8. The molecular formula is C40H60N4O5S. The van der Waals surface area contributed by atoms with Crippen LogP contribution < -0.4 is 9.64 Å². The van der Waals surface area contributed by atoms with Crippen molar-refractivity contribution in [2.24, 2.45) is 5.92 Å². The van der Waals surface area contributed by atoms with E-state index in [0.29, 0.717) is 26.3 Å². The molecule has 0 N–H and O–H groups in total. The molecule has 0 aliphatic carbocycles. The first-order chi connectivity index (χ1) is 24.0. The molecule has 5 rings (SSSR count). The van der Waals surface area contributed by atoms with E-state index in [1.165, 1.54) is 11.1 Å². The lowest BCUT2D eigenvalue weighted by Gasteiger charge is -2.35. The molecule has 10 heteroatoms. The Hall–Kier alpha value is -3.63. The summed E-state index contributed by atoms with van der Waals surface area (Å²) < 4.78 is 17.2. The van der Waals surface area contributed by atoms with Gasteiger partial charge in [-0.3, -0.25) is 9.69 Å². The fraction of sp³-hybridized carbons (Fsp3) is 0.575. The summed E-state index contributed by atoms with van der Waals surface area (Å²) in [4.78, 5) is 36.0. The van der Waals surface area contributed by atoms with Gasteiger partial charge < -0.3 is 24.0 Å². The van der Waals surface area contributed by atoms with Crippen LogP contribution in [0.15, 0.2) is 41.8 Å². The van der Waals surface area contributed by atoms with Gasteiger partial charge in [0.2, 0.25) is 0 Å². The molecule has 1 aromatic heterocycles. The van der Waals surface area contributed by atoms with Crippen LogP contribution in [0, 0.1) is 19.8 Å². The second-order valence-electron chi connectivity index (χ2n) is 13.3. The molecule has 0 unspecified atom stereocenters. The number of ether oxygens (including phenoxy) is 3. The van der Waals surface area contributed by atoms with Crippen LogP contribution in [-0.4, -0.2) is 78.3 Å². The summed E-state index contributed by atoms with van der Waals surface area (Å²) in [7, 11) is 0. The Morgan fingerprint density at radius 3 is 2.22 bits per heavy atom. The van der Waals surface area contributed by atoms with Gasteiger partial charge in [0.15, 0.2) is 5.13 Å². The third-order valence-corrected chi connectivity index (χ3v) is 9.41. The van der Waals surface area contributed by atoms with Crippen molar-refractivity contribution in [2.75, 3.05) is 50.8 Å². The van der Waals surface area contributed by atoms with Gasteiger partial charge in [0, 0.05) is 56.8 Å². The van der Waals surface area contributed by atoms with Gasteiger partial charge in [0.25, 0.3) is 0 Å². The van der Waals surface area contributed by atoms with Gasteiger partial charge in [0.05, 0.1) is 18.2 Å². The van der Waals surface area contributed by atoms with Gasteiger partial charge in [-0.25, -0.2) is 9.78 Å². The number of benzene rings is 2. The smallest absolute Gasteiger partial charge is 0.410 e. The van der Waals surface area contributed by atoms with Gasteiger partial charge >= 0.3 is 12.1 Å². The monoisotopic (exact) mass is 708 g/mol. The quantitative estimate of drug-likeness (QED) is 0.204. The second kappa shape index (κ2) is 19.7. The molecule has 2 saturated heterocycles. The highest BCUT2D eigenvalue weighted by atomic mass is 32.1. The first-order valence-corrected chi connectivity index (χ1v) is 19.3. The Bertz CT molecular complexity index is 1500. The number of rotatable bonds is 9. The molecule has 9 nitrogen and oxygen atoms in total. The van der Waals surface area contributed by atoms with E-state index in [9.17, 15) is 9.59 Å². The van der Waals surface area contributed by atoms with E-state index in [-0.39, 0.29) is 18.0 Å². The lowest BCUT2D eigenvalue weighted by molar-refractivity contribution is -0.148. The Labute approximate surface area is 304 Å². The SMILES string of the molecule is CC.CC.CCOC(=O)C1CCN(c2nc(-c3cc(C)ccc3OCc3ccc(CN4CCN(C(=O)OC(C)(C)C)CC4)cc3C)cs2)CC1. The first-order valence-electron chi connectivity index (χ1n) is 18.4. The van der Waals surface area contributed by atoms with Crippen molar-refractivity contribution in [1.82, 2.24) is 14.8 Å². The van der Waals surface area contributed by atoms with Crippen LogP contribution >= 0.6 is 11.3 Å². The fourth-order valence-electron chi connectivity index (χ4n) is 5.92. The van der Waals surface area contributed by atoms with Crippen molar-refractivity contribution in [3.05, 3.63) is 64.0 Å². The summed E-state index contributed by atoms with van der Waals surface area (Å²) in [6, 6.07) is 12.8. The highest BCUT2D eigenvalue weighted by molar-refractivity contribution is 7.14. The standard InChI is InChI=1S/C36H48N4O5S.2C2H6/c1-7-43-33(41)28-12-14-39(15-13-28)34-37-31(24-46-34)30-20-25(2)8-11-32(30)44-23-29-10-9-27(21-26(29)3)22-38-16-18-40(19-17-38)35(42)45-36(4,5)6;2*1-2/h8-11,20-21,24,28H,7,12-19,22-23H2,1-6H3;2*1-2H3. The molecule has 0 atom stereocenters. The maximum Gasteiger partial charge on any atom is 0.410 e. The number of hydrogen-bond acceptors (Lipinski definition) is 9. The predicted molar refractivity (Wildman–Crippen MR) is 205 cm³/mol. The summed E-state index contributed by atoms with van der Waals surface area (Å²) in [6.45, 7) is 26.1. The minimum atomic E-state index is -0.478. The average Bonchev–Trinajstić information content (AvgIpc) is 3.60. The average molecular weight is 709 g/mol. The van der Waals surface area contributed by atoms with E-state index < -0.39 is 5.60 Å². The molecule has 3 heterocycles. The Morgan fingerprint density at radius 2 is 1.60 bits per heavy atom. The molecule has 2 aliphatic heterocycles. The number of carbonyl (C=O) groups is 2. The van der Waals surface area contributed by atoms with Crippen LogP contribution in [0.5, 0.6) is 5.75 Å². The molecule has 2 aromatic carbocycles. The van der Waals surface area contributed by atoms with Crippen LogP contribution in [0.3, 0.4) is 0 Å². The van der Waals surface area contributed by atoms with Crippen molar-refractivity contribution >= 4 is 28.5 Å². The number of aromatic nitrogens is 1. The van der Waals surface area contributed by atoms with Crippen LogP contribution in [-0.2, 0) is 27.4 Å². The van der Waals surface area contributed by atoms with Crippen LogP contribution in [0.1, 0.15) is 90.5 Å². The van der Waals surface area contributed by atoms with Crippen molar-refractivity contribution in [1.29, 1.82) is 0 Å². The largest absolute Gasteiger partial charge is 0.488 e. The number of esters is 1. The second-order valence-corrected chi connectivity index (χ2v) is 14.2. The minimum absolute atomic E-state index is 0.0218. The number of nitrogens with zero attached hydrogens (tertiary/aromatic N) is 4. The van der Waals surface area contributed by atoms with E-state index in [1.54, 1.807) is 16.2 Å². The molecule has 0 spiro atoms. The number of thiazole rings is 1. The van der Waals surface area contributed by atoms with Crippen molar-refractivity contribution in [3.63, 3.8) is 0 Å². The van der Waals surface area contributed by atoms with Crippen LogP contribution in [0.25, 0.3) is 11.3 Å². The summed E-state index contributed by atoms with van der Waals surface area (Å²) in [5.41, 5.74) is 6.17. The van der Waals surface area contributed by atoms with Gasteiger partial charge in [-0.05, 0) is 83.2 Å². The van der Waals surface area contributed by atoms with Gasteiger partial charge in [-0.2, -0.15) is 0 Å². The predicted octanol–water partition coefficient (Wildman–Crippen LogP) is 8.89. The Kier molecular flexibility index (Phi) is 16.1. The lowest BCUT2D eigenvalue weighted by atomic mass is 9.97. The number of piperidine rings is 1. The van der Waals surface area contributed by atoms with E-state index >= 15 is 0 Å². The molecule has 3 aromatic rings. The number of piperazine rings is 1. The van der Waals surface area contributed by atoms with Crippen molar-refractivity contribution in [3.8, 4) is 17.0 Å². The molecule has 2 fully saturated rings. The normalized spacial score (nSPS) is 15.3. The summed E-state index contributed by atoms with van der Waals surface area (Å²) in [5, 5.41) is 3.07. The van der Waals surface area contributed by atoms with E-state index in [0.717, 1.165) is 78.8 Å². The number of carbonyl (C=O) groups excluding carboxylic acids is 2. The van der Waals surface area contributed by atoms with Crippen LogP contribution in [0.2, 0.25) is 0 Å². The van der Waals surface area contributed by atoms with Gasteiger partial charge in [-0.1, -0.05) is 57.5 Å². The maximum atomic E-state index is 12.4. The maximum absolute atomic E-state index is 12.4. The molecule has 0 radical (unpaired) electrons. The third kappa shape index (κ3) is 11.7. The Balaban J connectivity index is 0.00000163. The summed E-state index contributed by atoms with van der Waals surface area (Å²) >= 11 is 1.64. The molecule has 276 valence electrons. The first kappa shape index (κ1) is 40.8. The molecular weight excluding hydrogens is 649 g/mol. The number of anilines is 1. The lowest BCUT2D eigenvalue weighted by Crippen LogP contribution is -2.49. The number of hydrogen-bond donors (Lipinski definition) is 0. The minimum Gasteiger partial charge on any atom is -0.488 e. The Morgan fingerprint density at radius 1 is 0.920 bits per heavy atom.